The Morgan fingerprint density at radius 1 is 1.18 bits per heavy atom. The smallest absolute Gasteiger partial charge is 0.260 e. The van der Waals surface area contributed by atoms with Gasteiger partial charge < -0.3 is 9.72 Å². The molecule has 142 valence electrons. The van der Waals surface area contributed by atoms with Crippen LogP contribution in [0.15, 0.2) is 47.3 Å². The lowest BCUT2D eigenvalue weighted by Gasteiger charge is -2.10. The minimum absolute atomic E-state index is 0.134. The maximum Gasteiger partial charge on any atom is 0.260 e. The van der Waals surface area contributed by atoms with Gasteiger partial charge in [-0.3, -0.25) is 4.79 Å². The first-order valence-electron chi connectivity index (χ1n) is 8.88. The number of nitrogens with one attached hydrogen (secondary N) is 1. The maximum absolute atomic E-state index is 13.0. The van der Waals surface area contributed by atoms with E-state index < -0.39 is 0 Å². The molecule has 0 unspecified atom stereocenters. The van der Waals surface area contributed by atoms with Gasteiger partial charge in [0.05, 0.1) is 12.5 Å². The molecule has 0 fully saturated rings. The van der Waals surface area contributed by atoms with Gasteiger partial charge in [0.2, 0.25) is 0 Å². The maximum atomic E-state index is 13.0. The Labute approximate surface area is 171 Å². The second kappa shape index (κ2) is 7.41. The van der Waals surface area contributed by atoms with Crippen molar-refractivity contribution >= 4 is 33.2 Å². The van der Waals surface area contributed by atoms with Gasteiger partial charge in [-0.15, -0.1) is 11.3 Å². The van der Waals surface area contributed by atoms with Crippen molar-refractivity contribution in [2.75, 3.05) is 7.11 Å². The van der Waals surface area contributed by atoms with E-state index in [0.29, 0.717) is 22.7 Å². The van der Waals surface area contributed by atoms with Crippen molar-refractivity contribution in [1.29, 1.82) is 0 Å². The van der Waals surface area contributed by atoms with E-state index in [1.165, 1.54) is 11.3 Å². The van der Waals surface area contributed by atoms with Crippen LogP contribution in [0.25, 0.3) is 21.3 Å². The van der Waals surface area contributed by atoms with Crippen LogP contribution in [0.2, 0.25) is 5.02 Å². The summed E-state index contributed by atoms with van der Waals surface area (Å²) in [5.41, 5.74) is 3.79. The highest BCUT2D eigenvalue weighted by atomic mass is 35.5. The summed E-state index contributed by atoms with van der Waals surface area (Å²) in [4.78, 5) is 22.4. The first-order chi connectivity index (χ1) is 13.5. The molecule has 4 nitrogen and oxygen atoms in total. The largest absolute Gasteiger partial charge is 0.496 e. The molecular weight excluding hydrogens is 392 g/mol. The second-order valence-corrected chi connectivity index (χ2v) is 8.38. The summed E-state index contributed by atoms with van der Waals surface area (Å²) in [5.74, 6) is 1.37. The molecule has 0 aliphatic rings. The molecule has 4 rings (SSSR count). The molecule has 2 aromatic heterocycles. The molecule has 0 aliphatic heterocycles. The average Bonchev–Trinajstić information content (AvgIpc) is 2.98. The van der Waals surface area contributed by atoms with Crippen LogP contribution in [0.3, 0.4) is 0 Å². The third-order valence-corrected chi connectivity index (χ3v) is 5.91. The molecule has 0 saturated carbocycles. The second-order valence-electron chi connectivity index (χ2n) is 6.74. The lowest BCUT2D eigenvalue weighted by molar-refractivity contribution is 0.416. The van der Waals surface area contributed by atoms with E-state index in [1.807, 2.05) is 56.3 Å². The van der Waals surface area contributed by atoms with Crippen molar-refractivity contribution in [2.24, 2.45) is 0 Å². The Hall–Kier alpha value is -2.63. The summed E-state index contributed by atoms with van der Waals surface area (Å²) in [6.45, 7) is 4.04. The number of fused-ring (bicyclic) bond motifs is 1. The number of aromatic amines is 1. The first-order valence-corrected chi connectivity index (χ1v) is 10.1. The number of halogens is 1. The molecule has 2 aromatic carbocycles. The van der Waals surface area contributed by atoms with E-state index in [2.05, 4.69) is 4.98 Å². The van der Waals surface area contributed by atoms with Gasteiger partial charge in [0, 0.05) is 27.4 Å². The van der Waals surface area contributed by atoms with E-state index in [-0.39, 0.29) is 5.56 Å². The number of thiophene rings is 1. The van der Waals surface area contributed by atoms with Crippen LogP contribution in [0.1, 0.15) is 21.8 Å². The van der Waals surface area contributed by atoms with Crippen molar-refractivity contribution in [3.63, 3.8) is 0 Å². The topological polar surface area (TPSA) is 55.0 Å². The van der Waals surface area contributed by atoms with Gasteiger partial charge >= 0.3 is 0 Å². The number of aromatic nitrogens is 2. The van der Waals surface area contributed by atoms with E-state index in [9.17, 15) is 4.79 Å². The number of rotatable bonds is 4. The van der Waals surface area contributed by atoms with E-state index in [1.54, 1.807) is 7.11 Å². The standard InChI is InChI=1S/C22H19ClN2O2S/c1-12-7-8-17(27-3)16(9-12)19-13(2)28-22-20(19)21(26)24-18(25-22)11-14-5-4-6-15(23)10-14/h4-10H,11H2,1-3H3,(H,24,25,26). The monoisotopic (exact) mass is 410 g/mol. The van der Waals surface area contributed by atoms with Crippen LogP contribution < -0.4 is 10.3 Å². The summed E-state index contributed by atoms with van der Waals surface area (Å²) in [6.07, 6.45) is 0.520. The van der Waals surface area contributed by atoms with Gasteiger partial charge in [-0.2, -0.15) is 0 Å². The number of ether oxygens (including phenoxy) is 1. The molecule has 0 bridgehead atoms. The normalized spacial score (nSPS) is 11.1. The quantitative estimate of drug-likeness (QED) is 0.481. The Balaban J connectivity index is 1.87. The minimum Gasteiger partial charge on any atom is -0.496 e. The number of H-pyrrole nitrogens is 1. The lowest BCUT2D eigenvalue weighted by atomic mass is 10.0. The summed E-state index contributed by atoms with van der Waals surface area (Å²) in [6, 6.07) is 13.6. The number of benzene rings is 2. The Morgan fingerprint density at radius 3 is 2.75 bits per heavy atom. The van der Waals surface area contributed by atoms with Crippen molar-refractivity contribution in [3.8, 4) is 16.9 Å². The molecule has 0 spiro atoms. The van der Waals surface area contributed by atoms with E-state index in [0.717, 1.165) is 37.7 Å². The molecular formula is C22H19ClN2O2S. The zero-order valence-electron chi connectivity index (χ0n) is 15.8. The van der Waals surface area contributed by atoms with Crippen molar-refractivity contribution < 1.29 is 4.74 Å². The van der Waals surface area contributed by atoms with Crippen molar-refractivity contribution in [2.45, 2.75) is 20.3 Å². The van der Waals surface area contributed by atoms with Gasteiger partial charge in [0.15, 0.2) is 0 Å². The van der Waals surface area contributed by atoms with Crippen LogP contribution in [0, 0.1) is 13.8 Å². The molecule has 0 atom stereocenters. The first kappa shape index (κ1) is 18.7. The average molecular weight is 411 g/mol. The fourth-order valence-electron chi connectivity index (χ4n) is 3.43. The van der Waals surface area contributed by atoms with Crippen molar-refractivity contribution in [1.82, 2.24) is 9.97 Å². The minimum atomic E-state index is -0.134. The zero-order valence-corrected chi connectivity index (χ0v) is 17.4. The highest BCUT2D eigenvalue weighted by Crippen LogP contribution is 2.40. The SMILES string of the molecule is COc1ccc(C)cc1-c1c(C)sc2nc(Cc3cccc(Cl)c3)[nH]c(=O)c12. The number of aryl methyl sites for hydroxylation is 2. The van der Waals surface area contributed by atoms with Gasteiger partial charge in [0.25, 0.3) is 5.56 Å². The number of nitrogens with zero attached hydrogens (tertiary/aromatic N) is 1. The molecule has 0 amide bonds. The van der Waals surface area contributed by atoms with Crippen LogP contribution >= 0.6 is 22.9 Å². The van der Waals surface area contributed by atoms with E-state index >= 15 is 0 Å². The lowest BCUT2D eigenvalue weighted by Crippen LogP contribution is -2.12. The number of hydrogen-bond acceptors (Lipinski definition) is 4. The molecule has 0 aliphatic carbocycles. The van der Waals surface area contributed by atoms with Gasteiger partial charge in [-0.1, -0.05) is 35.4 Å². The Kier molecular flexibility index (Phi) is 4.96. The molecule has 1 N–H and O–H groups in total. The predicted molar refractivity (Wildman–Crippen MR) is 116 cm³/mol. The van der Waals surface area contributed by atoms with Gasteiger partial charge in [-0.25, -0.2) is 4.98 Å². The fraction of sp³-hybridized carbons (Fsp3) is 0.182. The van der Waals surface area contributed by atoms with E-state index in [4.69, 9.17) is 21.3 Å². The third-order valence-electron chi connectivity index (χ3n) is 4.67. The highest BCUT2D eigenvalue weighted by Gasteiger charge is 2.19. The number of hydrogen-bond donors (Lipinski definition) is 1. The highest BCUT2D eigenvalue weighted by molar-refractivity contribution is 7.19. The molecule has 2 heterocycles. The molecule has 28 heavy (non-hydrogen) atoms. The summed E-state index contributed by atoms with van der Waals surface area (Å²) in [5, 5.41) is 1.28. The molecule has 6 heteroatoms. The van der Waals surface area contributed by atoms with Crippen LogP contribution in [-0.4, -0.2) is 17.1 Å². The fourth-order valence-corrected chi connectivity index (χ4v) is 4.70. The number of methoxy groups -OCH3 is 1. The van der Waals surface area contributed by atoms with Crippen LogP contribution in [0.5, 0.6) is 5.75 Å². The Morgan fingerprint density at radius 2 is 2.00 bits per heavy atom. The summed E-state index contributed by atoms with van der Waals surface area (Å²) in [7, 11) is 1.64. The zero-order chi connectivity index (χ0) is 19.8. The van der Waals surface area contributed by atoms with Crippen LogP contribution in [-0.2, 0) is 6.42 Å². The van der Waals surface area contributed by atoms with Gasteiger partial charge in [0.1, 0.15) is 16.4 Å². The molecule has 0 radical (unpaired) electrons. The predicted octanol–water partition coefficient (Wildman–Crippen LogP) is 5.52. The van der Waals surface area contributed by atoms with Crippen molar-refractivity contribution in [3.05, 3.63) is 79.7 Å². The molecule has 0 saturated heterocycles. The Bertz CT molecular complexity index is 1240. The summed E-state index contributed by atoms with van der Waals surface area (Å²) >= 11 is 7.60. The van der Waals surface area contributed by atoms with Gasteiger partial charge in [-0.05, 0) is 43.7 Å². The third kappa shape index (κ3) is 3.43. The molecule has 4 aromatic rings. The van der Waals surface area contributed by atoms with Crippen LogP contribution in [0.4, 0.5) is 0 Å². The summed E-state index contributed by atoms with van der Waals surface area (Å²) < 4.78 is 5.54.